The molecular formula is C28H34N2O5. The summed E-state index contributed by atoms with van der Waals surface area (Å²) in [6, 6.07) is 7.47. The van der Waals surface area contributed by atoms with E-state index in [1.165, 1.54) is 0 Å². The Hall–Kier alpha value is -3.37. The van der Waals surface area contributed by atoms with Gasteiger partial charge in [-0.25, -0.2) is 0 Å². The first-order valence-corrected chi connectivity index (χ1v) is 12.1. The molecule has 0 radical (unpaired) electrons. The minimum absolute atomic E-state index is 0.0876. The van der Waals surface area contributed by atoms with E-state index in [2.05, 4.69) is 23.7 Å². The van der Waals surface area contributed by atoms with Crippen molar-refractivity contribution in [3.63, 3.8) is 0 Å². The van der Waals surface area contributed by atoms with Crippen molar-refractivity contribution < 1.29 is 23.8 Å². The number of ether oxygens (including phenoxy) is 3. The van der Waals surface area contributed by atoms with Crippen molar-refractivity contribution in [1.29, 1.82) is 0 Å². The number of hydrogen-bond donors (Lipinski definition) is 0. The summed E-state index contributed by atoms with van der Waals surface area (Å²) in [4.78, 5) is 30.3. The van der Waals surface area contributed by atoms with Gasteiger partial charge in [-0.1, -0.05) is 31.3 Å². The van der Waals surface area contributed by atoms with Crippen LogP contribution in [-0.4, -0.2) is 61.1 Å². The summed E-state index contributed by atoms with van der Waals surface area (Å²) in [5.74, 6) is 7.51. The molecule has 0 N–H and O–H groups in total. The SMILES string of the molecule is CCCCC#Cc1cncc(C(=O)N2CCOC(COc3ccc(CCC(C)=O)cc3OC)C2)c1. The fourth-order valence-electron chi connectivity index (χ4n) is 3.73. The van der Waals surface area contributed by atoms with E-state index in [1.807, 2.05) is 18.2 Å². The van der Waals surface area contributed by atoms with Crippen molar-refractivity contribution in [2.24, 2.45) is 0 Å². The van der Waals surface area contributed by atoms with Gasteiger partial charge in [0, 0.05) is 37.3 Å². The Balaban J connectivity index is 1.58. The maximum absolute atomic E-state index is 13.1. The molecule has 1 aliphatic heterocycles. The van der Waals surface area contributed by atoms with E-state index < -0.39 is 0 Å². The quantitative estimate of drug-likeness (QED) is 0.378. The van der Waals surface area contributed by atoms with Gasteiger partial charge in [-0.15, -0.1) is 0 Å². The van der Waals surface area contributed by atoms with Gasteiger partial charge < -0.3 is 23.9 Å². The topological polar surface area (TPSA) is 78.0 Å². The first kappa shape index (κ1) is 26.2. The summed E-state index contributed by atoms with van der Waals surface area (Å²) in [5, 5.41) is 0. The number of ketones is 1. The molecular weight excluding hydrogens is 444 g/mol. The Morgan fingerprint density at radius 3 is 2.86 bits per heavy atom. The van der Waals surface area contributed by atoms with Crippen molar-refractivity contribution in [3.8, 4) is 23.3 Å². The van der Waals surface area contributed by atoms with Crippen LogP contribution >= 0.6 is 0 Å². The molecule has 0 aliphatic carbocycles. The lowest BCUT2D eigenvalue weighted by atomic mass is 10.1. The van der Waals surface area contributed by atoms with E-state index >= 15 is 0 Å². The minimum atomic E-state index is -0.264. The molecule has 0 saturated carbocycles. The number of pyridine rings is 1. The maximum Gasteiger partial charge on any atom is 0.255 e. The predicted molar refractivity (Wildman–Crippen MR) is 134 cm³/mol. The highest BCUT2D eigenvalue weighted by Crippen LogP contribution is 2.29. The van der Waals surface area contributed by atoms with Gasteiger partial charge >= 0.3 is 0 Å². The molecule has 2 aromatic rings. The lowest BCUT2D eigenvalue weighted by Gasteiger charge is -2.33. The summed E-state index contributed by atoms with van der Waals surface area (Å²) in [5.41, 5.74) is 2.29. The second kappa shape index (κ2) is 13.5. The van der Waals surface area contributed by atoms with Crippen molar-refractivity contribution in [2.45, 2.75) is 52.1 Å². The number of carbonyl (C=O) groups is 2. The number of benzene rings is 1. The standard InChI is InChI=1S/C28H34N2O5/c1-4-5-6-7-8-23-15-24(18-29-17-23)28(32)30-13-14-34-25(19-30)20-35-26-12-11-22(10-9-21(2)31)16-27(26)33-3/h11-12,15-18,25H,4-6,9-10,13-14,19-20H2,1-3H3. The Bertz CT molecular complexity index is 1070. The summed E-state index contributed by atoms with van der Waals surface area (Å²) in [6.07, 6.45) is 7.16. The highest BCUT2D eigenvalue weighted by molar-refractivity contribution is 5.94. The van der Waals surface area contributed by atoms with Crippen molar-refractivity contribution in [1.82, 2.24) is 9.88 Å². The molecule has 1 saturated heterocycles. The van der Waals surface area contributed by atoms with Crippen LogP contribution < -0.4 is 9.47 Å². The van der Waals surface area contributed by atoms with E-state index in [-0.39, 0.29) is 24.4 Å². The van der Waals surface area contributed by atoms with Crippen LogP contribution in [0.5, 0.6) is 11.5 Å². The molecule has 1 aliphatic rings. The molecule has 0 spiro atoms. The Labute approximate surface area is 207 Å². The summed E-state index contributed by atoms with van der Waals surface area (Å²) >= 11 is 0. The van der Waals surface area contributed by atoms with E-state index in [0.29, 0.717) is 49.6 Å². The third-order valence-corrected chi connectivity index (χ3v) is 5.72. The van der Waals surface area contributed by atoms with Crippen LogP contribution in [0.2, 0.25) is 0 Å². The number of rotatable bonds is 10. The van der Waals surface area contributed by atoms with Crippen molar-refractivity contribution >= 4 is 11.7 Å². The Kier molecular flexibility index (Phi) is 10.1. The number of nitrogens with zero attached hydrogens (tertiary/aromatic N) is 2. The highest BCUT2D eigenvalue weighted by Gasteiger charge is 2.26. The average Bonchev–Trinajstić information content (AvgIpc) is 2.88. The van der Waals surface area contributed by atoms with Gasteiger partial charge in [-0.2, -0.15) is 0 Å². The molecule has 2 heterocycles. The molecule has 1 atom stereocenters. The molecule has 1 unspecified atom stereocenters. The lowest BCUT2D eigenvalue weighted by Crippen LogP contribution is -2.47. The fraction of sp³-hybridized carbons (Fsp3) is 0.464. The molecule has 1 aromatic carbocycles. The molecule has 1 fully saturated rings. The molecule has 1 amide bonds. The zero-order valence-corrected chi connectivity index (χ0v) is 20.8. The molecule has 35 heavy (non-hydrogen) atoms. The normalized spacial score (nSPS) is 15.2. The average molecular weight is 479 g/mol. The third-order valence-electron chi connectivity index (χ3n) is 5.72. The predicted octanol–water partition coefficient (Wildman–Crippen LogP) is 4.07. The van der Waals surface area contributed by atoms with Crippen molar-refractivity contribution in [2.75, 3.05) is 33.4 Å². The van der Waals surface area contributed by atoms with Crippen LogP contribution in [0.3, 0.4) is 0 Å². The zero-order chi connectivity index (χ0) is 25.0. The number of carbonyl (C=O) groups excluding carboxylic acids is 2. The summed E-state index contributed by atoms with van der Waals surface area (Å²) < 4.78 is 17.3. The number of methoxy groups -OCH3 is 1. The van der Waals surface area contributed by atoms with Crippen LogP contribution in [0.4, 0.5) is 0 Å². The van der Waals surface area contributed by atoms with Gasteiger partial charge in [0.1, 0.15) is 18.5 Å². The monoisotopic (exact) mass is 478 g/mol. The minimum Gasteiger partial charge on any atom is -0.493 e. The highest BCUT2D eigenvalue weighted by atomic mass is 16.5. The van der Waals surface area contributed by atoms with Gasteiger partial charge in [0.2, 0.25) is 0 Å². The van der Waals surface area contributed by atoms with Gasteiger partial charge in [0.05, 0.1) is 25.8 Å². The van der Waals surface area contributed by atoms with Crippen molar-refractivity contribution in [3.05, 3.63) is 53.3 Å². The largest absolute Gasteiger partial charge is 0.493 e. The Morgan fingerprint density at radius 1 is 1.23 bits per heavy atom. The molecule has 7 nitrogen and oxygen atoms in total. The number of aryl methyl sites for hydroxylation is 1. The van der Waals surface area contributed by atoms with Crippen LogP contribution in [0.15, 0.2) is 36.7 Å². The van der Waals surface area contributed by atoms with Gasteiger partial charge in [0.25, 0.3) is 5.91 Å². The van der Waals surface area contributed by atoms with E-state index in [1.54, 1.807) is 37.4 Å². The van der Waals surface area contributed by atoms with Crippen LogP contribution in [0.25, 0.3) is 0 Å². The first-order valence-electron chi connectivity index (χ1n) is 12.1. The van der Waals surface area contributed by atoms with E-state index in [4.69, 9.17) is 14.2 Å². The number of hydrogen-bond acceptors (Lipinski definition) is 6. The van der Waals surface area contributed by atoms with Crippen LogP contribution in [-0.2, 0) is 16.0 Å². The van der Waals surface area contributed by atoms with Crippen LogP contribution in [0.1, 0.15) is 61.0 Å². The smallest absolute Gasteiger partial charge is 0.255 e. The molecule has 1 aromatic heterocycles. The zero-order valence-electron chi connectivity index (χ0n) is 20.8. The van der Waals surface area contributed by atoms with Gasteiger partial charge in [-0.05, 0) is 43.5 Å². The number of Topliss-reactive ketones (excluding diaryl/α,β-unsaturated/α-hetero) is 1. The first-order chi connectivity index (χ1) is 17.0. The maximum atomic E-state index is 13.1. The molecule has 186 valence electrons. The Morgan fingerprint density at radius 2 is 2.09 bits per heavy atom. The second-order valence-corrected chi connectivity index (χ2v) is 8.61. The lowest BCUT2D eigenvalue weighted by molar-refractivity contribution is -0.116. The number of morpholine rings is 1. The third kappa shape index (κ3) is 8.11. The number of aromatic nitrogens is 1. The number of amides is 1. The molecule has 0 bridgehead atoms. The summed E-state index contributed by atoms with van der Waals surface area (Å²) in [7, 11) is 1.59. The van der Waals surface area contributed by atoms with Gasteiger partial charge in [0.15, 0.2) is 11.5 Å². The fourth-order valence-corrected chi connectivity index (χ4v) is 3.73. The molecule has 3 rings (SSSR count). The van der Waals surface area contributed by atoms with Crippen LogP contribution in [0, 0.1) is 11.8 Å². The molecule has 7 heteroatoms. The number of unbranched alkanes of at least 4 members (excludes halogenated alkanes) is 2. The van der Waals surface area contributed by atoms with E-state index in [9.17, 15) is 9.59 Å². The van der Waals surface area contributed by atoms with Gasteiger partial charge in [-0.3, -0.25) is 9.78 Å². The second-order valence-electron chi connectivity index (χ2n) is 8.61. The van der Waals surface area contributed by atoms with E-state index in [0.717, 1.165) is 30.4 Å². The summed E-state index contributed by atoms with van der Waals surface area (Å²) in [6.45, 7) is 5.37.